The molecule has 2 spiro atoms. The highest BCUT2D eigenvalue weighted by atomic mass is 32.2. The number of hydrogen-bond donors (Lipinski definition) is 0. The molecule has 5 atom stereocenters. The normalized spacial score (nSPS) is 39.5. The van der Waals surface area contributed by atoms with Gasteiger partial charge in [-0.3, -0.25) is 4.90 Å². The van der Waals surface area contributed by atoms with E-state index >= 15 is 0 Å². The number of hydrogen-bond acceptors (Lipinski definition) is 7. The molecule has 4 aliphatic carbocycles. The van der Waals surface area contributed by atoms with Crippen LogP contribution in [0.25, 0.3) is 0 Å². The van der Waals surface area contributed by atoms with Crippen LogP contribution in [-0.4, -0.2) is 66.9 Å². The highest BCUT2D eigenvalue weighted by Crippen LogP contribution is 2.72. The molecule has 184 valence electrons. The number of nitrogens with zero attached hydrogens (tertiary/aromatic N) is 1. The SMILES string of the molecule is COc1ccc2c(c1)[C@]13CCN(CC4CC4)[C@@H]4C[C@@H](OC(=S)SC)[C@@H](C[C@]41C2)C1(C3)OCCO1. The van der Waals surface area contributed by atoms with Crippen LogP contribution < -0.4 is 4.74 Å². The first kappa shape index (κ1) is 22.3. The minimum Gasteiger partial charge on any atom is -0.497 e. The van der Waals surface area contributed by atoms with Gasteiger partial charge in [0.25, 0.3) is 0 Å². The third kappa shape index (κ3) is 3.00. The number of ether oxygens (including phenoxy) is 4. The summed E-state index contributed by atoms with van der Waals surface area (Å²) >= 11 is 7.11. The summed E-state index contributed by atoms with van der Waals surface area (Å²) < 4.78 is 26.0. The van der Waals surface area contributed by atoms with Gasteiger partial charge in [0.05, 0.1) is 26.2 Å². The second kappa shape index (κ2) is 7.82. The highest BCUT2D eigenvalue weighted by molar-refractivity contribution is 8.22. The van der Waals surface area contributed by atoms with E-state index in [1.165, 1.54) is 48.7 Å². The third-order valence-electron chi connectivity index (χ3n) is 10.2. The van der Waals surface area contributed by atoms with Crippen LogP contribution >= 0.6 is 24.0 Å². The zero-order valence-corrected chi connectivity index (χ0v) is 21.8. The van der Waals surface area contributed by atoms with Crippen LogP contribution in [-0.2, 0) is 26.0 Å². The number of benzene rings is 1. The summed E-state index contributed by atoms with van der Waals surface area (Å²) in [7, 11) is 1.78. The molecular formula is C27H35NO4S2. The molecule has 2 aliphatic heterocycles. The molecule has 6 aliphatic rings. The largest absolute Gasteiger partial charge is 0.497 e. The number of likely N-dealkylation sites (tertiary alicyclic amines) is 1. The lowest BCUT2D eigenvalue weighted by atomic mass is 9.43. The Morgan fingerprint density at radius 1 is 1.26 bits per heavy atom. The van der Waals surface area contributed by atoms with Crippen molar-refractivity contribution in [3.8, 4) is 5.75 Å². The maximum absolute atomic E-state index is 6.58. The van der Waals surface area contributed by atoms with Crippen LogP contribution in [0, 0.1) is 17.3 Å². The molecule has 5 nitrogen and oxygen atoms in total. The topological polar surface area (TPSA) is 40.2 Å². The summed E-state index contributed by atoms with van der Waals surface area (Å²) in [6.07, 6.45) is 10.2. The van der Waals surface area contributed by atoms with E-state index in [2.05, 4.69) is 23.1 Å². The van der Waals surface area contributed by atoms with E-state index in [0.717, 1.165) is 43.9 Å². The number of thiocarbonyl (C=S) groups is 1. The zero-order chi connectivity index (χ0) is 23.1. The first-order valence-corrected chi connectivity index (χ1v) is 14.6. The average Bonchev–Trinajstić information content (AvgIpc) is 3.47. The van der Waals surface area contributed by atoms with Crippen molar-refractivity contribution < 1.29 is 18.9 Å². The fourth-order valence-electron chi connectivity index (χ4n) is 8.70. The van der Waals surface area contributed by atoms with Crippen molar-refractivity contribution in [3.05, 3.63) is 29.3 Å². The van der Waals surface area contributed by atoms with Gasteiger partial charge in [0.15, 0.2) is 5.79 Å². The van der Waals surface area contributed by atoms with Crippen molar-refractivity contribution in [2.45, 2.75) is 68.3 Å². The van der Waals surface area contributed by atoms with E-state index in [1.807, 2.05) is 6.26 Å². The fourth-order valence-corrected chi connectivity index (χ4v) is 9.04. The Kier molecular flexibility index (Phi) is 5.14. The van der Waals surface area contributed by atoms with Crippen LogP contribution in [0.1, 0.15) is 49.7 Å². The second-order valence-electron chi connectivity index (χ2n) is 11.5. The Labute approximate surface area is 212 Å². The molecule has 0 aromatic heterocycles. The number of methoxy groups -OCH3 is 1. The van der Waals surface area contributed by atoms with E-state index in [9.17, 15) is 0 Å². The maximum atomic E-state index is 6.58. The van der Waals surface area contributed by atoms with Crippen molar-refractivity contribution in [1.29, 1.82) is 0 Å². The van der Waals surface area contributed by atoms with Crippen molar-refractivity contribution in [2.75, 3.05) is 39.7 Å². The Balaban J connectivity index is 1.37. The zero-order valence-electron chi connectivity index (χ0n) is 20.2. The Morgan fingerprint density at radius 2 is 2.09 bits per heavy atom. The van der Waals surface area contributed by atoms with Gasteiger partial charge in [0.1, 0.15) is 11.9 Å². The molecule has 1 aromatic carbocycles. The number of thioether (sulfide) groups is 1. The Morgan fingerprint density at radius 3 is 2.82 bits per heavy atom. The molecule has 3 saturated carbocycles. The molecule has 2 saturated heterocycles. The summed E-state index contributed by atoms with van der Waals surface area (Å²) in [6, 6.07) is 7.33. The van der Waals surface area contributed by atoms with Crippen molar-refractivity contribution in [1.82, 2.24) is 4.90 Å². The van der Waals surface area contributed by atoms with Crippen molar-refractivity contribution in [2.24, 2.45) is 17.3 Å². The third-order valence-corrected chi connectivity index (χ3v) is 11.2. The smallest absolute Gasteiger partial charge is 0.219 e. The summed E-state index contributed by atoms with van der Waals surface area (Å²) in [6.45, 7) is 3.72. The highest BCUT2D eigenvalue weighted by Gasteiger charge is 2.75. The molecular weight excluding hydrogens is 466 g/mol. The van der Waals surface area contributed by atoms with Crippen molar-refractivity contribution >= 4 is 28.4 Å². The summed E-state index contributed by atoms with van der Waals surface area (Å²) in [5.74, 6) is 1.49. The predicted octanol–water partition coefficient (Wildman–Crippen LogP) is 4.55. The fraction of sp³-hybridized carbons (Fsp3) is 0.741. The van der Waals surface area contributed by atoms with Gasteiger partial charge in [0.2, 0.25) is 4.38 Å². The Bertz CT molecular complexity index is 1010. The first-order valence-electron chi connectivity index (χ1n) is 13.0. The summed E-state index contributed by atoms with van der Waals surface area (Å²) in [5.41, 5.74) is 3.26. The number of fused-ring (bicyclic) bond motifs is 3. The van der Waals surface area contributed by atoms with Gasteiger partial charge >= 0.3 is 0 Å². The molecule has 1 aromatic rings. The van der Waals surface area contributed by atoms with E-state index in [0.29, 0.717) is 23.6 Å². The minimum atomic E-state index is -0.573. The molecule has 2 heterocycles. The lowest BCUT2D eigenvalue weighted by molar-refractivity contribution is -0.297. The molecule has 0 unspecified atom stereocenters. The maximum Gasteiger partial charge on any atom is 0.219 e. The van der Waals surface area contributed by atoms with Crippen LogP contribution in [0.2, 0.25) is 0 Å². The van der Waals surface area contributed by atoms with Crippen LogP contribution in [0.4, 0.5) is 0 Å². The lowest BCUT2D eigenvalue weighted by Crippen LogP contribution is -2.74. The average molecular weight is 502 g/mol. The van der Waals surface area contributed by atoms with Gasteiger partial charge in [-0.25, -0.2) is 0 Å². The van der Waals surface area contributed by atoms with Crippen LogP contribution in [0.15, 0.2) is 18.2 Å². The van der Waals surface area contributed by atoms with Gasteiger partial charge in [-0.15, -0.1) is 0 Å². The molecule has 2 bridgehead atoms. The van der Waals surface area contributed by atoms with E-state index < -0.39 is 5.79 Å². The quantitative estimate of drug-likeness (QED) is 0.561. The molecule has 7 rings (SSSR count). The number of rotatable bonds is 4. The van der Waals surface area contributed by atoms with Gasteiger partial charge in [-0.1, -0.05) is 17.8 Å². The van der Waals surface area contributed by atoms with Gasteiger partial charge in [-0.05, 0) is 86.3 Å². The van der Waals surface area contributed by atoms with Crippen LogP contribution in [0.3, 0.4) is 0 Å². The molecule has 7 heteroatoms. The molecule has 0 amide bonds. The molecule has 0 radical (unpaired) electrons. The Hall–Kier alpha value is -0.860. The first-order chi connectivity index (χ1) is 16.5. The van der Waals surface area contributed by atoms with E-state index in [-0.39, 0.29) is 22.9 Å². The molecule has 5 fully saturated rings. The van der Waals surface area contributed by atoms with Gasteiger partial charge in [-0.2, -0.15) is 0 Å². The monoisotopic (exact) mass is 501 g/mol. The standard InChI is InChI=1S/C27H35NO4S2/c1-29-19-6-5-18-13-26-14-21-22(32-24(33)34-2)12-23(26)28(15-17-3-4-17)8-7-25(26,20(18)11-19)16-27(21)30-9-10-31-27/h5-6,11,17,21-23H,3-4,7-10,12-16H2,1-2H3/t21-,22-,23-,25-,26-/m1/s1. The van der Waals surface area contributed by atoms with Gasteiger partial charge in [0, 0.05) is 36.3 Å². The van der Waals surface area contributed by atoms with Gasteiger partial charge < -0.3 is 18.9 Å². The lowest BCUT2D eigenvalue weighted by Gasteiger charge is -2.68. The minimum absolute atomic E-state index is 0.0460. The predicted molar refractivity (Wildman–Crippen MR) is 136 cm³/mol. The second-order valence-corrected chi connectivity index (χ2v) is 12.9. The summed E-state index contributed by atoms with van der Waals surface area (Å²) in [5, 5.41) is 0. The van der Waals surface area contributed by atoms with Crippen LogP contribution in [0.5, 0.6) is 5.75 Å². The summed E-state index contributed by atoms with van der Waals surface area (Å²) in [4.78, 5) is 2.85. The van der Waals surface area contributed by atoms with E-state index in [1.54, 1.807) is 7.11 Å². The molecule has 0 N–H and O–H groups in total. The number of piperidine rings is 1. The van der Waals surface area contributed by atoms with E-state index in [4.69, 9.17) is 31.2 Å². The molecule has 34 heavy (non-hydrogen) atoms. The van der Waals surface area contributed by atoms with Crippen molar-refractivity contribution in [3.63, 3.8) is 0 Å².